The summed E-state index contributed by atoms with van der Waals surface area (Å²) < 4.78 is 5.78. The van der Waals surface area contributed by atoms with E-state index in [0.717, 1.165) is 0 Å². The molecule has 4 aromatic rings. The molecule has 0 amide bonds. The summed E-state index contributed by atoms with van der Waals surface area (Å²) in [5, 5.41) is 18.2. The first-order chi connectivity index (χ1) is 15.0. The van der Waals surface area contributed by atoms with E-state index in [4.69, 9.17) is 14.9 Å². The molecule has 0 aliphatic heterocycles. The highest BCUT2D eigenvalue weighted by Gasteiger charge is 2.14. The summed E-state index contributed by atoms with van der Waals surface area (Å²) in [6.07, 6.45) is 0. The number of carboxylic acid groups (broad SMARTS) is 2. The van der Waals surface area contributed by atoms with Gasteiger partial charge in [-0.2, -0.15) is 9.97 Å². The molecule has 0 aliphatic carbocycles. The van der Waals surface area contributed by atoms with Gasteiger partial charge in [-0.25, -0.2) is 14.6 Å². The van der Waals surface area contributed by atoms with Crippen molar-refractivity contribution in [3.63, 3.8) is 0 Å². The van der Waals surface area contributed by atoms with Crippen LogP contribution in [0.5, 0.6) is 11.8 Å². The molecule has 31 heavy (non-hydrogen) atoms. The second-order valence-corrected chi connectivity index (χ2v) is 6.45. The molecule has 4 rings (SSSR count). The Kier molecular flexibility index (Phi) is 5.35. The molecule has 0 unspecified atom stereocenters. The quantitative estimate of drug-likeness (QED) is 0.477. The third-order valence-corrected chi connectivity index (χ3v) is 4.35. The molecule has 0 atom stereocenters. The maximum Gasteiger partial charge on any atom is 0.335 e. The molecule has 3 aromatic carbocycles. The van der Waals surface area contributed by atoms with Gasteiger partial charge < -0.3 is 14.9 Å². The maximum absolute atomic E-state index is 11.1. The molecule has 8 nitrogen and oxygen atoms in total. The van der Waals surface area contributed by atoms with Gasteiger partial charge in [0.1, 0.15) is 5.75 Å². The molecule has 1 aromatic heterocycles. The van der Waals surface area contributed by atoms with Gasteiger partial charge in [0.2, 0.25) is 0 Å². The molecule has 0 bridgehead atoms. The predicted octanol–water partition coefficient (Wildman–Crippen LogP) is 4.39. The third kappa shape index (κ3) is 4.54. The number of hydrogen-bond acceptors (Lipinski definition) is 6. The van der Waals surface area contributed by atoms with Crippen LogP contribution in [0.4, 0.5) is 0 Å². The number of aromatic nitrogens is 3. The number of ether oxygens (including phenoxy) is 1. The fourth-order valence-corrected chi connectivity index (χ4v) is 2.78. The highest BCUT2D eigenvalue weighted by atomic mass is 16.5. The van der Waals surface area contributed by atoms with Crippen LogP contribution in [-0.2, 0) is 0 Å². The Bertz CT molecular complexity index is 1160. The van der Waals surface area contributed by atoms with Crippen LogP contribution in [0.1, 0.15) is 20.7 Å². The second-order valence-electron chi connectivity index (χ2n) is 6.45. The van der Waals surface area contributed by atoms with E-state index in [1.807, 2.05) is 18.2 Å². The van der Waals surface area contributed by atoms with Crippen molar-refractivity contribution < 1.29 is 24.5 Å². The molecular weight excluding hydrogens is 398 g/mol. The molecule has 0 saturated carbocycles. The lowest BCUT2D eigenvalue weighted by molar-refractivity contribution is 0.0686. The third-order valence-electron chi connectivity index (χ3n) is 4.35. The molecule has 8 heteroatoms. The van der Waals surface area contributed by atoms with Crippen molar-refractivity contribution in [1.29, 1.82) is 0 Å². The van der Waals surface area contributed by atoms with Crippen molar-refractivity contribution in [2.75, 3.05) is 0 Å². The van der Waals surface area contributed by atoms with Crippen LogP contribution in [0.2, 0.25) is 0 Å². The van der Waals surface area contributed by atoms with Crippen molar-refractivity contribution in [3.8, 4) is 34.5 Å². The predicted molar refractivity (Wildman–Crippen MR) is 111 cm³/mol. The van der Waals surface area contributed by atoms with Crippen LogP contribution in [0, 0.1) is 0 Å². The molecular formula is C23H15N3O5. The fraction of sp³-hybridized carbons (Fsp3) is 0. The number of rotatable bonds is 6. The number of benzene rings is 3. The van der Waals surface area contributed by atoms with Gasteiger partial charge in [0, 0.05) is 11.1 Å². The number of hydrogen-bond donors (Lipinski definition) is 2. The Balaban J connectivity index is 1.78. The van der Waals surface area contributed by atoms with E-state index in [0.29, 0.717) is 16.9 Å². The monoisotopic (exact) mass is 413 g/mol. The van der Waals surface area contributed by atoms with Crippen LogP contribution in [-0.4, -0.2) is 37.1 Å². The van der Waals surface area contributed by atoms with E-state index < -0.39 is 11.9 Å². The Hall–Kier alpha value is -4.59. The van der Waals surface area contributed by atoms with Crippen LogP contribution in [0.25, 0.3) is 22.8 Å². The minimum atomic E-state index is -1.03. The number of nitrogens with zero attached hydrogens (tertiary/aromatic N) is 3. The van der Waals surface area contributed by atoms with E-state index in [1.54, 1.807) is 36.4 Å². The summed E-state index contributed by atoms with van der Waals surface area (Å²) in [6.45, 7) is 0. The van der Waals surface area contributed by atoms with Gasteiger partial charge in [0.15, 0.2) is 11.6 Å². The zero-order valence-electron chi connectivity index (χ0n) is 16.0. The molecule has 0 saturated heterocycles. The van der Waals surface area contributed by atoms with Crippen LogP contribution in [0.15, 0.2) is 78.9 Å². The van der Waals surface area contributed by atoms with Crippen molar-refractivity contribution in [2.24, 2.45) is 0 Å². The highest BCUT2D eigenvalue weighted by Crippen LogP contribution is 2.25. The minimum Gasteiger partial charge on any atom is -0.478 e. The van der Waals surface area contributed by atoms with Gasteiger partial charge in [-0.3, -0.25) is 0 Å². The van der Waals surface area contributed by atoms with E-state index in [-0.39, 0.29) is 28.8 Å². The zero-order chi connectivity index (χ0) is 21.8. The lowest BCUT2D eigenvalue weighted by atomic mass is 10.1. The zero-order valence-corrected chi connectivity index (χ0v) is 16.0. The Morgan fingerprint density at radius 1 is 0.613 bits per heavy atom. The molecule has 0 aliphatic rings. The molecule has 0 radical (unpaired) electrons. The van der Waals surface area contributed by atoms with E-state index in [1.165, 1.54) is 24.3 Å². The summed E-state index contributed by atoms with van der Waals surface area (Å²) in [7, 11) is 0. The van der Waals surface area contributed by atoms with Crippen LogP contribution >= 0.6 is 0 Å². The summed E-state index contributed by atoms with van der Waals surface area (Å²) in [5.41, 5.74) is 1.44. The average Bonchev–Trinajstić information content (AvgIpc) is 2.79. The Morgan fingerprint density at radius 3 is 1.48 bits per heavy atom. The molecule has 152 valence electrons. The second kappa shape index (κ2) is 8.42. The lowest BCUT2D eigenvalue weighted by Gasteiger charge is -2.09. The smallest absolute Gasteiger partial charge is 0.335 e. The molecule has 2 N–H and O–H groups in total. The topological polar surface area (TPSA) is 122 Å². The highest BCUT2D eigenvalue weighted by molar-refractivity contribution is 5.88. The molecule has 0 fully saturated rings. The number of carbonyl (C=O) groups is 2. The van der Waals surface area contributed by atoms with Gasteiger partial charge in [0.05, 0.1) is 11.1 Å². The van der Waals surface area contributed by atoms with E-state index >= 15 is 0 Å². The van der Waals surface area contributed by atoms with Gasteiger partial charge >= 0.3 is 17.9 Å². The number of aromatic carboxylic acids is 2. The van der Waals surface area contributed by atoms with Gasteiger partial charge in [0.25, 0.3) is 0 Å². The van der Waals surface area contributed by atoms with Crippen LogP contribution < -0.4 is 4.74 Å². The SMILES string of the molecule is O=C(O)c1ccc(-c2nc(Oc3ccccc3)nc(-c3ccc(C(=O)O)cc3)n2)cc1. The Labute approximate surface area is 176 Å². The van der Waals surface area contributed by atoms with Gasteiger partial charge in [-0.1, -0.05) is 42.5 Å². The van der Waals surface area contributed by atoms with Crippen molar-refractivity contribution in [1.82, 2.24) is 15.0 Å². The maximum atomic E-state index is 11.1. The first-order valence-corrected chi connectivity index (χ1v) is 9.16. The minimum absolute atomic E-state index is 0.0517. The van der Waals surface area contributed by atoms with Crippen LogP contribution in [0.3, 0.4) is 0 Å². The number of para-hydroxylation sites is 1. The average molecular weight is 413 g/mol. The molecule has 0 spiro atoms. The van der Waals surface area contributed by atoms with E-state index in [2.05, 4.69) is 15.0 Å². The largest absolute Gasteiger partial charge is 0.478 e. The summed E-state index contributed by atoms with van der Waals surface area (Å²) in [4.78, 5) is 35.4. The van der Waals surface area contributed by atoms with Crippen molar-refractivity contribution in [3.05, 3.63) is 90.0 Å². The van der Waals surface area contributed by atoms with Gasteiger partial charge in [-0.05, 0) is 36.4 Å². The normalized spacial score (nSPS) is 10.5. The summed E-state index contributed by atoms with van der Waals surface area (Å²) in [6, 6.07) is 21.3. The summed E-state index contributed by atoms with van der Waals surface area (Å²) in [5.74, 6) is -0.956. The fourth-order valence-electron chi connectivity index (χ4n) is 2.78. The standard InChI is InChI=1S/C23H15N3O5/c27-21(28)16-10-6-14(7-11-16)19-24-20(15-8-12-17(13-9-15)22(29)30)26-23(25-19)31-18-4-2-1-3-5-18/h1-13H,(H,27,28)(H,29,30). The van der Waals surface area contributed by atoms with Crippen molar-refractivity contribution in [2.45, 2.75) is 0 Å². The van der Waals surface area contributed by atoms with Crippen molar-refractivity contribution >= 4 is 11.9 Å². The first kappa shape index (κ1) is 19.7. The Morgan fingerprint density at radius 2 is 1.06 bits per heavy atom. The van der Waals surface area contributed by atoms with E-state index in [9.17, 15) is 9.59 Å². The number of carboxylic acids is 2. The first-order valence-electron chi connectivity index (χ1n) is 9.16. The molecule has 1 heterocycles. The van der Waals surface area contributed by atoms with Gasteiger partial charge in [-0.15, -0.1) is 0 Å². The summed E-state index contributed by atoms with van der Waals surface area (Å²) >= 11 is 0. The lowest BCUT2D eigenvalue weighted by Crippen LogP contribution is -2.02.